The molecule has 4 nitrogen and oxygen atoms in total. The van der Waals surface area contributed by atoms with E-state index < -0.39 is 11.9 Å². The summed E-state index contributed by atoms with van der Waals surface area (Å²) >= 11 is 1.93. The van der Waals surface area contributed by atoms with Gasteiger partial charge in [0.2, 0.25) is 0 Å². The first-order valence-electron chi connectivity index (χ1n) is 7.14. The van der Waals surface area contributed by atoms with Crippen LogP contribution in [0.2, 0.25) is 0 Å². The summed E-state index contributed by atoms with van der Waals surface area (Å²) in [7, 11) is 1.56. The van der Waals surface area contributed by atoms with E-state index in [1.807, 2.05) is 34.7 Å². The van der Waals surface area contributed by atoms with Crippen LogP contribution in [-0.2, 0) is 18.0 Å². The van der Waals surface area contributed by atoms with Gasteiger partial charge in [0.15, 0.2) is 5.71 Å². The lowest BCUT2D eigenvalue weighted by Gasteiger charge is -2.15. The van der Waals surface area contributed by atoms with Crippen molar-refractivity contribution in [3.05, 3.63) is 62.7 Å². The van der Waals surface area contributed by atoms with Gasteiger partial charge in [0.05, 0.1) is 20.3 Å². The average molecular weight is 465 g/mol. The highest BCUT2D eigenvalue weighted by atomic mass is 127. The Bertz CT molecular complexity index is 746. The number of oxime groups is 1. The van der Waals surface area contributed by atoms with Gasteiger partial charge in [-0.3, -0.25) is 0 Å². The Balaban J connectivity index is 2.16. The van der Waals surface area contributed by atoms with E-state index in [9.17, 15) is 13.2 Å². The maximum absolute atomic E-state index is 13.0. The molecule has 0 radical (unpaired) electrons. The number of nitrogens with zero attached hydrogens (tertiary/aromatic N) is 1. The monoisotopic (exact) mass is 465 g/mol. The van der Waals surface area contributed by atoms with E-state index in [1.165, 1.54) is 12.1 Å². The van der Waals surface area contributed by atoms with Gasteiger partial charge in [-0.25, -0.2) is 0 Å². The minimum absolute atomic E-state index is 0.0461. The second kappa shape index (κ2) is 8.52. The Morgan fingerprint density at radius 3 is 2.36 bits per heavy atom. The standard InChI is InChI=1S/C17H15F3INO3/c1-24-12-7-5-11(6-8-12)9-25-10-14-13(3-2-4-15(14)21)16(22-23)17(18,19)20/h2-8,23H,9-10H2,1H3/b22-16-. The van der Waals surface area contributed by atoms with E-state index >= 15 is 0 Å². The highest BCUT2D eigenvalue weighted by Gasteiger charge is 2.39. The molecule has 0 saturated heterocycles. The molecule has 0 amide bonds. The number of rotatable bonds is 6. The number of ether oxygens (including phenoxy) is 2. The van der Waals surface area contributed by atoms with Crippen molar-refractivity contribution in [1.29, 1.82) is 0 Å². The van der Waals surface area contributed by atoms with Crippen molar-refractivity contribution >= 4 is 28.3 Å². The van der Waals surface area contributed by atoms with Crippen LogP contribution < -0.4 is 4.74 Å². The summed E-state index contributed by atoms with van der Waals surface area (Å²) in [5, 5.41) is 11.2. The minimum atomic E-state index is -4.76. The topological polar surface area (TPSA) is 51.0 Å². The molecule has 0 aliphatic carbocycles. The van der Waals surface area contributed by atoms with E-state index in [4.69, 9.17) is 14.7 Å². The number of alkyl halides is 3. The van der Waals surface area contributed by atoms with Crippen LogP contribution in [-0.4, -0.2) is 24.2 Å². The second-order valence-corrected chi connectivity index (χ2v) is 6.22. The molecule has 0 aliphatic heterocycles. The maximum Gasteiger partial charge on any atom is 0.437 e. The lowest BCUT2D eigenvalue weighted by molar-refractivity contribution is -0.0602. The smallest absolute Gasteiger partial charge is 0.437 e. The molecule has 0 aliphatic rings. The number of halogens is 4. The van der Waals surface area contributed by atoms with Gasteiger partial charge in [0.1, 0.15) is 5.75 Å². The van der Waals surface area contributed by atoms with Crippen LogP contribution in [0.3, 0.4) is 0 Å². The van der Waals surface area contributed by atoms with Crippen molar-refractivity contribution in [2.24, 2.45) is 5.16 Å². The molecule has 0 spiro atoms. The van der Waals surface area contributed by atoms with Crippen LogP contribution in [0.4, 0.5) is 13.2 Å². The Labute approximate surface area is 156 Å². The van der Waals surface area contributed by atoms with Crippen molar-refractivity contribution in [1.82, 2.24) is 0 Å². The quantitative estimate of drug-likeness (QED) is 0.290. The van der Waals surface area contributed by atoms with E-state index in [1.54, 1.807) is 25.3 Å². The molecule has 134 valence electrons. The zero-order valence-corrected chi connectivity index (χ0v) is 15.3. The van der Waals surface area contributed by atoms with Crippen LogP contribution in [0.1, 0.15) is 16.7 Å². The van der Waals surface area contributed by atoms with Crippen molar-refractivity contribution in [2.75, 3.05) is 7.11 Å². The van der Waals surface area contributed by atoms with Crippen molar-refractivity contribution < 1.29 is 27.9 Å². The van der Waals surface area contributed by atoms with E-state index in [2.05, 4.69) is 5.16 Å². The zero-order valence-electron chi connectivity index (χ0n) is 13.2. The second-order valence-electron chi connectivity index (χ2n) is 5.05. The van der Waals surface area contributed by atoms with Gasteiger partial charge >= 0.3 is 6.18 Å². The van der Waals surface area contributed by atoms with Gasteiger partial charge in [-0.15, -0.1) is 0 Å². The largest absolute Gasteiger partial charge is 0.497 e. The third-order valence-electron chi connectivity index (χ3n) is 3.42. The van der Waals surface area contributed by atoms with Crippen molar-refractivity contribution in [3.8, 4) is 5.75 Å². The Morgan fingerprint density at radius 1 is 1.12 bits per heavy atom. The number of benzene rings is 2. The van der Waals surface area contributed by atoms with E-state index in [0.29, 0.717) is 14.9 Å². The number of hydrogen-bond acceptors (Lipinski definition) is 4. The molecule has 0 saturated carbocycles. The third-order valence-corrected chi connectivity index (χ3v) is 4.43. The summed E-state index contributed by atoms with van der Waals surface area (Å²) in [4.78, 5) is 0. The van der Waals surface area contributed by atoms with Crippen LogP contribution in [0.5, 0.6) is 5.75 Å². The molecule has 25 heavy (non-hydrogen) atoms. The normalized spacial score (nSPS) is 12.3. The van der Waals surface area contributed by atoms with Crippen LogP contribution in [0, 0.1) is 3.57 Å². The van der Waals surface area contributed by atoms with Gasteiger partial charge in [-0.1, -0.05) is 29.4 Å². The van der Waals surface area contributed by atoms with Crippen LogP contribution in [0.15, 0.2) is 47.6 Å². The van der Waals surface area contributed by atoms with Crippen molar-refractivity contribution in [3.63, 3.8) is 0 Å². The molecule has 0 fully saturated rings. The summed E-state index contributed by atoms with van der Waals surface area (Å²) in [5.74, 6) is 0.706. The van der Waals surface area contributed by atoms with Gasteiger partial charge in [-0.05, 0) is 46.4 Å². The first-order chi connectivity index (χ1) is 11.9. The Morgan fingerprint density at radius 2 is 1.80 bits per heavy atom. The Hall–Kier alpha value is -1.81. The Kier molecular flexibility index (Phi) is 6.65. The van der Waals surface area contributed by atoms with E-state index in [0.717, 1.165) is 5.56 Å². The third kappa shape index (κ3) is 5.08. The molecule has 2 aromatic carbocycles. The lowest BCUT2D eigenvalue weighted by atomic mass is 10.0. The van der Waals surface area contributed by atoms with Crippen molar-refractivity contribution in [2.45, 2.75) is 19.4 Å². The molecule has 0 bridgehead atoms. The molecular weight excluding hydrogens is 450 g/mol. The van der Waals surface area contributed by atoms with Crippen LogP contribution in [0.25, 0.3) is 0 Å². The highest BCUT2D eigenvalue weighted by Crippen LogP contribution is 2.27. The lowest BCUT2D eigenvalue weighted by Crippen LogP contribution is -2.25. The first-order valence-corrected chi connectivity index (χ1v) is 8.22. The molecule has 2 rings (SSSR count). The summed E-state index contributed by atoms with van der Waals surface area (Å²) in [5.41, 5.74) is -0.354. The maximum atomic E-state index is 13.0. The summed E-state index contributed by atoms with van der Waals surface area (Å²) in [6, 6.07) is 11.6. The van der Waals surface area contributed by atoms with Gasteiger partial charge in [-0.2, -0.15) is 13.2 Å². The predicted octanol–water partition coefficient (Wildman–Crippen LogP) is 4.76. The zero-order chi connectivity index (χ0) is 18.4. The molecule has 2 aromatic rings. The highest BCUT2D eigenvalue weighted by molar-refractivity contribution is 14.1. The van der Waals surface area contributed by atoms with Gasteiger partial charge in [0.25, 0.3) is 0 Å². The first kappa shape index (κ1) is 19.5. The molecule has 0 heterocycles. The average Bonchev–Trinajstić information content (AvgIpc) is 2.57. The van der Waals surface area contributed by atoms with Gasteiger partial charge < -0.3 is 14.7 Å². The summed E-state index contributed by atoms with van der Waals surface area (Å²) in [6.07, 6.45) is -4.76. The summed E-state index contributed by atoms with van der Waals surface area (Å²) < 4.78 is 50.3. The predicted molar refractivity (Wildman–Crippen MR) is 95.0 cm³/mol. The number of methoxy groups -OCH3 is 1. The van der Waals surface area contributed by atoms with E-state index in [-0.39, 0.29) is 18.8 Å². The fourth-order valence-corrected chi connectivity index (χ4v) is 2.84. The SMILES string of the molecule is COc1ccc(COCc2c(I)cccc2/C(=N/O)C(F)(F)F)cc1. The van der Waals surface area contributed by atoms with Gasteiger partial charge in [0, 0.05) is 14.7 Å². The molecule has 0 atom stereocenters. The molecule has 1 N–H and O–H groups in total. The number of hydrogen-bond donors (Lipinski definition) is 1. The molecule has 8 heteroatoms. The summed E-state index contributed by atoms with van der Waals surface area (Å²) in [6.45, 7) is 0.182. The fourth-order valence-electron chi connectivity index (χ4n) is 2.18. The minimum Gasteiger partial charge on any atom is -0.497 e. The molecular formula is C17H15F3INO3. The molecule has 0 aromatic heterocycles. The fraction of sp³-hybridized carbons (Fsp3) is 0.235. The molecule has 0 unspecified atom stereocenters. The van der Waals surface area contributed by atoms with Crippen LogP contribution >= 0.6 is 22.6 Å².